The molecule has 3 aromatic rings. The molecule has 3 rings (SSSR count). The molecule has 0 aliphatic carbocycles. The maximum absolute atomic E-state index is 12.6. The monoisotopic (exact) mass is 266 g/mol. The van der Waals surface area contributed by atoms with Crippen molar-refractivity contribution in [1.82, 2.24) is 0 Å². The molecule has 20 heavy (non-hydrogen) atoms. The van der Waals surface area contributed by atoms with Gasteiger partial charge in [0.15, 0.2) is 0 Å². The van der Waals surface area contributed by atoms with E-state index in [2.05, 4.69) is 20.8 Å². The fourth-order valence-corrected chi connectivity index (χ4v) is 2.43. The maximum atomic E-state index is 12.6. The quantitative estimate of drug-likeness (QED) is 0.559. The minimum Gasteiger partial charge on any atom is -0.456 e. The van der Waals surface area contributed by atoms with Gasteiger partial charge in [0.05, 0.1) is 10.8 Å². The summed E-state index contributed by atoms with van der Waals surface area (Å²) in [4.78, 5) is 12.6. The van der Waals surface area contributed by atoms with Crippen LogP contribution in [0.5, 0.6) is 0 Å². The summed E-state index contributed by atoms with van der Waals surface area (Å²) in [7, 11) is 0. The molecule has 102 valence electrons. The molecule has 0 saturated heterocycles. The van der Waals surface area contributed by atoms with E-state index in [0.717, 1.165) is 11.1 Å². The van der Waals surface area contributed by atoms with E-state index in [1.807, 2.05) is 43.3 Å². The van der Waals surface area contributed by atoms with Gasteiger partial charge in [-0.1, -0.05) is 32.9 Å². The molecule has 0 N–H and O–H groups in total. The Hall–Kier alpha value is -2.09. The largest absolute Gasteiger partial charge is 0.456 e. The van der Waals surface area contributed by atoms with Crippen LogP contribution in [-0.2, 0) is 5.41 Å². The molecule has 2 aromatic carbocycles. The Bertz CT molecular complexity index is 864. The first kappa shape index (κ1) is 12.9. The highest BCUT2D eigenvalue weighted by atomic mass is 16.3. The lowest BCUT2D eigenvalue weighted by molar-refractivity contribution is 0.590. The molecule has 0 saturated carbocycles. The van der Waals surface area contributed by atoms with E-state index in [0.29, 0.717) is 21.9 Å². The second-order valence-electron chi connectivity index (χ2n) is 6.39. The van der Waals surface area contributed by atoms with Gasteiger partial charge in [-0.05, 0) is 47.7 Å². The van der Waals surface area contributed by atoms with E-state index in [1.165, 1.54) is 0 Å². The van der Waals surface area contributed by atoms with Crippen LogP contribution in [0.25, 0.3) is 21.9 Å². The molecular weight excluding hydrogens is 248 g/mol. The molecular formula is C18H18O2. The van der Waals surface area contributed by atoms with Crippen molar-refractivity contribution in [1.29, 1.82) is 0 Å². The molecule has 0 aliphatic heterocycles. The molecule has 0 aliphatic rings. The summed E-state index contributed by atoms with van der Waals surface area (Å²) in [5, 5.41) is 1.31. The molecule has 0 radical (unpaired) electrons. The SMILES string of the molecule is Cc1ccc2c(=O)c3cc(C(C)(C)C)ccc3oc2c1. The Morgan fingerprint density at radius 1 is 0.900 bits per heavy atom. The first-order chi connectivity index (χ1) is 9.36. The van der Waals surface area contributed by atoms with E-state index < -0.39 is 0 Å². The summed E-state index contributed by atoms with van der Waals surface area (Å²) >= 11 is 0. The van der Waals surface area contributed by atoms with Gasteiger partial charge in [0, 0.05) is 0 Å². The van der Waals surface area contributed by atoms with Gasteiger partial charge >= 0.3 is 0 Å². The molecule has 1 aromatic heterocycles. The van der Waals surface area contributed by atoms with Crippen LogP contribution in [0.4, 0.5) is 0 Å². The Morgan fingerprint density at radius 3 is 2.35 bits per heavy atom. The lowest BCUT2D eigenvalue weighted by atomic mass is 9.86. The summed E-state index contributed by atoms with van der Waals surface area (Å²) < 4.78 is 5.88. The topological polar surface area (TPSA) is 30.2 Å². The molecule has 0 spiro atoms. The highest BCUT2D eigenvalue weighted by Gasteiger charge is 2.16. The van der Waals surface area contributed by atoms with Gasteiger partial charge in [-0.2, -0.15) is 0 Å². The first-order valence-electron chi connectivity index (χ1n) is 6.84. The third-order valence-corrected chi connectivity index (χ3v) is 3.69. The fourth-order valence-electron chi connectivity index (χ4n) is 2.43. The molecule has 2 nitrogen and oxygen atoms in total. The second kappa shape index (κ2) is 4.20. The van der Waals surface area contributed by atoms with Gasteiger partial charge in [-0.15, -0.1) is 0 Å². The zero-order valence-electron chi connectivity index (χ0n) is 12.3. The van der Waals surface area contributed by atoms with Gasteiger partial charge in [-0.25, -0.2) is 0 Å². The summed E-state index contributed by atoms with van der Waals surface area (Å²) in [6.07, 6.45) is 0. The number of hydrogen-bond donors (Lipinski definition) is 0. The minimum absolute atomic E-state index is 0.0167. The highest BCUT2D eigenvalue weighted by Crippen LogP contribution is 2.26. The van der Waals surface area contributed by atoms with Gasteiger partial charge in [-0.3, -0.25) is 4.79 Å². The van der Waals surface area contributed by atoms with Crippen molar-refractivity contribution in [3.05, 3.63) is 57.7 Å². The first-order valence-corrected chi connectivity index (χ1v) is 6.84. The third kappa shape index (κ3) is 2.01. The van der Waals surface area contributed by atoms with E-state index in [1.54, 1.807) is 0 Å². The molecule has 0 unspecified atom stereocenters. The zero-order valence-corrected chi connectivity index (χ0v) is 12.3. The van der Waals surface area contributed by atoms with Crippen molar-refractivity contribution in [2.24, 2.45) is 0 Å². The normalized spacial score (nSPS) is 12.2. The molecule has 2 heteroatoms. The lowest BCUT2D eigenvalue weighted by Gasteiger charge is -2.19. The van der Waals surface area contributed by atoms with E-state index >= 15 is 0 Å². The van der Waals surface area contributed by atoms with Gasteiger partial charge in [0.2, 0.25) is 5.43 Å². The fraction of sp³-hybridized carbons (Fsp3) is 0.278. The lowest BCUT2D eigenvalue weighted by Crippen LogP contribution is -2.12. The Kier molecular flexibility index (Phi) is 2.72. The van der Waals surface area contributed by atoms with Crippen molar-refractivity contribution < 1.29 is 4.42 Å². The van der Waals surface area contributed by atoms with E-state index in [-0.39, 0.29) is 10.8 Å². The average molecular weight is 266 g/mol. The number of rotatable bonds is 0. The molecule has 1 heterocycles. The Balaban J connectivity index is 2.42. The van der Waals surface area contributed by atoms with E-state index in [4.69, 9.17) is 4.42 Å². The number of aryl methyl sites for hydroxylation is 1. The van der Waals surface area contributed by atoms with Crippen molar-refractivity contribution in [2.75, 3.05) is 0 Å². The molecule has 0 fully saturated rings. The van der Waals surface area contributed by atoms with Crippen molar-refractivity contribution >= 4 is 21.9 Å². The van der Waals surface area contributed by atoms with Crippen molar-refractivity contribution in [3.8, 4) is 0 Å². The van der Waals surface area contributed by atoms with Gasteiger partial charge < -0.3 is 4.42 Å². The molecule has 0 atom stereocenters. The van der Waals surface area contributed by atoms with Crippen molar-refractivity contribution in [2.45, 2.75) is 33.1 Å². The summed E-state index contributed by atoms with van der Waals surface area (Å²) in [6.45, 7) is 8.41. The summed E-state index contributed by atoms with van der Waals surface area (Å²) in [5.74, 6) is 0. The standard InChI is InChI=1S/C18H18O2/c1-11-5-7-13-16(9-11)20-15-8-6-12(18(2,3)4)10-14(15)17(13)19/h5-10H,1-4H3. The van der Waals surface area contributed by atoms with Crippen LogP contribution in [0.15, 0.2) is 45.6 Å². The van der Waals surface area contributed by atoms with Gasteiger partial charge in [0.25, 0.3) is 0 Å². The predicted molar refractivity (Wildman–Crippen MR) is 83.4 cm³/mol. The van der Waals surface area contributed by atoms with E-state index in [9.17, 15) is 4.79 Å². The third-order valence-electron chi connectivity index (χ3n) is 3.69. The van der Waals surface area contributed by atoms with Crippen molar-refractivity contribution in [3.63, 3.8) is 0 Å². The second-order valence-corrected chi connectivity index (χ2v) is 6.39. The number of benzene rings is 2. The van der Waals surface area contributed by atoms with Gasteiger partial charge in [0.1, 0.15) is 11.2 Å². The van der Waals surface area contributed by atoms with Crippen LogP contribution in [0.2, 0.25) is 0 Å². The Morgan fingerprint density at radius 2 is 1.65 bits per heavy atom. The number of fused-ring (bicyclic) bond motifs is 2. The van der Waals surface area contributed by atoms with Crippen LogP contribution in [-0.4, -0.2) is 0 Å². The summed E-state index contributed by atoms with van der Waals surface area (Å²) in [5.41, 5.74) is 3.61. The minimum atomic E-state index is 0.0167. The van der Waals surface area contributed by atoms with Crippen LogP contribution >= 0.6 is 0 Å². The number of hydrogen-bond acceptors (Lipinski definition) is 2. The molecule has 0 amide bonds. The summed E-state index contributed by atoms with van der Waals surface area (Å²) in [6, 6.07) is 11.6. The van der Waals surface area contributed by atoms with Crippen LogP contribution in [0, 0.1) is 6.92 Å². The highest BCUT2D eigenvalue weighted by molar-refractivity contribution is 5.90. The Labute approximate surface area is 118 Å². The smallest absolute Gasteiger partial charge is 0.200 e. The average Bonchev–Trinajstić information content (AvgIpc) is 2.37. The molecule has 0 bridgehead atoms. The van der Waals surface area contributed by atoms with Crippen LogP contribution in [0.1, 0.15) is 31.9 Å². The zero-order chi connectivity index (χ0) is 14.5. The predicted octanol–water partition coefficient (Wildman–Crippen LogP) is 4.55. The maximum Gasteiger partial charge on any atom is 0.200 e. The van der Waals surface area contributed by atoms with Crippen LogP contribution in [0.3, 0.4) is 0 Å². The van der Waals surface area contributed by atoms with Crippen LogP contribution < -0.4 is 5.43 Å².